The number of rotatable bonds is 7. The molecule has 1 atom stereocenters. The number of nitrogens with one attached hydrogen (secondary N) is 1. The van der Waals surface area contributed by atoms with E-state index in [4.69, 9.17) is 33.7 Å². The van der Waals surface area contributed by atoms with Gasteiger partial charge in [0.05, 0.1) is 17.8 Å². The zero-order valence-electron chi connectivity index (χ0n) is 17.7. The molecule has 0 saturated carbocycles. The van der Waals surface area contributed by atoms with Crippen LogP contribution >= 0.6 is 23.2 Å². The highest BCUT2D eigenvalue weighted by Crippen LogP contribution is 2.36. The van der Waals surface area contributed by atoms with Crippen molar-refractivity contribution in [3.8, 4) is 16.9 Å². The molecule has 1 aliphatic heterocycles. The summed E-state index contributed by atoms with van der Waals surface area (Å²) in [4.78, 5) is 6.67. The van der Waals surface area contributed by atoms with Crippen molar-refractivity contribution in [2.75, 3.05) is 38.5 Å². The molecule has 0 bridgehead atoms. The van der Waals surface area contributed by atoms with Gasteiger partial charge in [-0.25, -0.2) is 9.37 Å². The summed E-state index contributed by atoms with van der Waals surface area (Å²) in [5, 5.41) is 8.07. The fourth-order valence-corrected chi connectivity index (χ4v) is 4.36. The first-order valence-electron chi connectivity index (χ1n) is 10.4. The molecule has 1 unspecified atom stereocenters. The zero-order valence-corrected chi connectivity index (χ0v) is 19.2. The second-order valence-electron chi connectivity index (χ2n) is 7.71. The van der Waals surface area contributed by atoms with E-state index in [-0.39, 0.29) is 10.8 Å². The lowest BCUT2D eigenvalue weighted by molar-refractivity contribution is 0.227. The van der Waals surface area contributed by atoms with E-state index in [9.17, 15) is 4.39 Å². The van der Waals surface area contributed by atoms with Gasteiger partial charge in [0.25, 0.3) is 0 Å². The molecule has 4 rings (SSSR count). The number of nitrogen functional groups attached to an aromatic ring is 1. The van der Waals surface area contributed by atoms with Crippen LogP contribution in [0.15, 0.2) is 36.8 Å². The Morgan fingerprint density at radius 1 is 1.19 bits per heavy atom. The van der Waals surface area contributed by atoms with Crippen LogP contribution in [0.3, 0.4) is 0 Å². The van der Waals surface area contributed by atoms with E-state index in [0.29, 0.717) is 16.3 Å². The second-order valence-corrected chi connectivity index (χ2v) is 8.49. The first-order chi connectivity index (χ1) is 15.4. The summed E-state index contributed by atoms with van der Waals surface area (Å²) in [6.45, 7) is 7.63. The topological polar surface area (TPSA) is 81.2 Å². The van der Waals surface area contributed by atoms with Gasteiger partial charge in [0.2, 0.25) is 0 Å². The van der Waals surface area contributed by atoms with Crippen LogP contribution in [0.2, 0.25) is 10.0 Å². The third-order valence-electron chi connectivity index (χ3n) is 5.49. The fraction of sp³-hybridized carbons (Fsp3) is 0.364. The van der Waals surface area contributed by atoms with Crippen molar-refractivity contribution in [2.24, 2.45) is 0 Å². The highest BCUT2D eigenvalue weighted by Gasteiger charge is 2.20. The standard InChI is InChI=1S/C22H25Cl2FN6O/c1-14(20-17(23)2-3-18(25)21(20)24)32-19-10-15(11-28-22(19)26)16-12-29-31(13-16)9-8-30-6-4-27-5-7-30/h2-3,10-14,27H,4-9H2,1H3,(H2,26,28). The monoisotopic (exact) mass is 478 g/mol. The van der Waals surface area contributed by atoms with Gasteiger partial charge < -0.3 is 15.8 Å². The molecule has 0 aliphatic carbocycles. The molecule has 0 spiro atoms. The Bertz CT molecular complexity index is 1090. The maximum Gasteiger partial charge on any atom is 0.166 e. The average molecular weight is 479 g/mol. The number of aromatic nitrogens is 3. The van der Waals surface area contributed by atoms with Crippen LogP contribution in [0.1, 0.15) is 18.6 Å². The summed E-state index contributed by atoms with van der Waals surface area (Å²) < 4.78 is 21.8. The van der Waals surface area contributed by atoms with Gasteiger partial charge in [-0.2, -0.15) is 5.10 Å². The summed E-state index contributed by atoms with van der Waals surface area (Å²) in [7, 11) is 0. The predicted octanol–water partition coefficient (Wildman–Crippen LogP) is 4.02. The van der Waals surface area contributed by atoms with Crippen molar-refractivity contribution in [3.63, 3.8) is 0 Å². The first-order valence-corrected chi connectivity index (χ1v) is 11.2. The molecule has 2 aromatic heterocycles. The van der Waals surface area contributed by atoms with Crippen LogP contribution in [-0.2, 0) is 6.54 Å². The minimum Gasteiger partial charge on any atom is -0.482 e. The van der Waals surface area contributed by atoms with Gasteiger partial charge in [0, 0.05) is 66.8 Å². The molecule has 3 N–H and O–H groups in total. The van der Waals surface area contributed by atoms with Crippen LogP contribution in [0.5, 0.6) is 5.75 Å². The minimum atomic E-state index is -0.633. The number of hydrogen-bond acceptors (Lipinski definition) is 6. The van der Waals surface area contributed by atoms with Crippen LogP contribution < -0.4 is 15.8 Å². The molecule has 0 amide bonds. The highest BCUT2D eigenvalue weighted by molar-refractivity contribution is 6.36. The van der Waals surface area contributed by atoms with E-state index in [0.717, 1.165) is 50.4 Å². The summed E-state index contributed by atoms with van der Waals surface area (Å²) in [6, 6.07) is 4.46. The number of nitrogens with two attached hydrogens (primary N) is 1. The second kappa shape index (κ2) is 10.0. The van der Waals surface area contributed by atoms with Crippen molar-refractivity contribution in [1.29, 1.82) is 0 Å². The molecule has 7 nitrogen and oxygen atoms in total. The molecule has 1 aromatic carbocycles. The van der Waals surface area contributed by atoms with Crippen molar-refractivity contribution >= 4 is 29.0 Å². The molecule has 1 fully saturated rings. The molecular weight excluding hydrogens is 454 g/mol. The van der Waals surface area contributed by atoms with Crippen molar-refractivity contribution in [1.82, 2.24) is 25.0 Å². The van der Waals surface area contributed by atoms with E-state index in [1.807, 2.05) is 10.9 Å². The molecule has 10 heteroatoms. The number of hydrogen-bond donors (Lipinski definition) is 2. The van der Waals surface area contributed by atoms with Gasteiger partial charge in [-0.1, -0.05) is 23.2 Å². The Balaban J connectivity index is 1.48. The molecule has 0 radical (unpaired) electrons. The molecule has 1 saturated heterocycles. The van der Waals surface area contributed by atoms with Crippen molar-refractivity contribution in [2.45, 2.75) is 19.6 Å². The Hall–Kier alpha value is -2.39. The molecule has 32 heavy (non-hydrogen) atoms. The molecule has 1 aliphatic rings. The molecule has 170 valence electrons. The fourth-order valence-electron chi connectivity index (χ4n) is 3.69. The number of pyridine rings is 1. The number of ether oxygens (including phenoxy) is 1. The zero-order chi connectivity index (χ0) is 22.7. The predicted molar refractivity (Wildman–Crippen MR) is 125 cm³/mol. The number of nitrogens with zero attached hydrogens (tertiary/aromatic N) is 4. The Labute approximate surface area is 196 Å². The van der Waals surface area contributed by atoms with Crippen LogP contribution in [0.25, 0.3) is 11.1 Å². The minimum absolute atomic E-state index is 0.0709. The third-order valence-corrected chi connectivity index (χ3v) is 6.21. The van der Waals surface area contributed by atoms with Gasteiger partial charge in [0.15, 0.2) is 11.6 Å². The number of anilines is 1. The lowest BCUT2D eigenvalue weighted by atomic mass is 10.1. The van der Waals surface area contributed by atoms with E-state index >= 15 is 0 Å². The van der Waals surface area contributed by atoms with E-state index in [1.54, 1.807) is 25.4 Å². The lowest BCUT2D eigenvalue weighted by Gasteiger charge is -2.26. The molecule has 3 aromatic rings. The highest BCUT2D eigenvalue weighted by atomic mass is 35.5. The maximum atomic E-state index is 13.9. The summed E-state index contributed by atoms with van der Waals surface area (Å²) >= 11 is 12.3. The Kier molecular flexibility index (Phi) is 7.15. The van der Waals surface area contributed by atoms with Gasteiger partial charge in [-0.15, -0.1) is 0 Å². The number of halogens is 3. The van der Waals surface area contributed by atoms with Crippen LogP contribution in [0, 0.1) is 5.82 Å². The van der Waals surface area contributed by atoms with Gasteiger partial charge >= 0.3 is 0 Å². The van der Waals surface area contributed by atoms with Crippen LogP contribution in [-0.4, -0.2) is 52.4 Å². The summed E-state index contributed by atoms with van der Waals surface area (Å²) in [5.41, 5.74) is 8.10. The van der Waals surface area contributed by atoms with Crippen molar-refractivity contribution < 1.29 is 9.13 Å². The average Bonchev–Trinajstić information content (AvgIpc) is 3.26. The van der Waals surface area contributed by atoms with Gasteiger partial charge in [0.1, 0.15) is 11.9 Å². The summed E-state index contributed by atoms with van der Waals surface area (Å²) in [6.07, 6.45) is 4.81. The van der Waals surface area contributed by atoms with Gasteiger partial charge in [-0.05, 0) is 25.1 Å². The van der Waals surface area contributed by atoms with Crippen molar-refractivity contribution in [3.05, 3.63) is 58.2 Å². The summed E-state index contributed by atoms with van der Waals surface area (Å²) in [5.74, 6) is 0.0184. The SMILES string of the molecule is CC(Oc1cc(-c2cnn(CCN3CCNCC3)c2)cnc1N)c1c(Cl)ccc(F)c1Cl. The number of benzene rings is 1. The van der Waals surface area contributed by atoms with E-state index in [2.05, 4.69) is 20.3 Å². The Morgan fingerprint density at radius 2 is 1.97 bits per heavy atom. The smallest absolute Gasteiger partial charge is 0.166 e. The lowest BCUT2D eigenvalue weighted by Crippen LogP contribution is -2.44. The largest absolute Gasteiger partial charge is 0.482 e. The molecular formula is C22H25Cl2FN6O. The number of piperazine rings is 1. The van der Waals surface area contributed by atoms with Crippen LogP contribution in [0.4, 0.5) is 10.2 Å². The van der Waals surface area contributed by atoms with E-state index in [1.165, 1.54) is 12.1 Å². The Morgan fingerprint density at radius 3 is 2.75 bits per heavy atom. The maximum absolute atomic E-state index is 13.9. The van der Waals surface area contributed by atoms with Gasteiger partial charge in [-0.3, -0.25) is 9.58 Å². The molecule has 3 heterocycles. The van der Waals surface area contributed by atoms with E-state index < -0.39 is 11.9 Å². The third kappa shape index (κ3) is 5.15. The quantitative estimate of drug-likeness (QED) is 0.499. The normalized spacial score (nSPS) is 15.6. The first kappa shape index (κ1) is 22.8.